The summed E-state index contributed by atoms with van der Waals surface area (Å²) in [6.07, 6.45) is 7.83. The lowest BCUT2D eigenvalue weighted by atomic mass is 9.68. The SMILES string of the molecule is CC1CC1CC1CCC1C1CC1C. The van der Waals surface area contributed by atoms with Gasteiger partial charge in [0.1, 0.15) is 0 Å². The second-order valence-electron chi connectivity index (χ2n) is 6.09. The summed E-state index contributed by atoms with van der Waals surface area (Å²) in [4.78, 5) is 0. The van der Waals surface area contributed by atoms with Crippen molar-refractivity contribution in [2.45, 2.75) is 46.0 Å². The van der Waals surface area contributed by atoms with Gasteiger partial charge in [-0.3, -0.25) is 0 Å². The monoisotopic (exact) mass is 178 g/mol. The molecule has 3 rings (SSSR count). The highest BCUT2D eigenvalue weighted by molar-refractivity contribution is 4.98. The summed E-state index contributed by atoms with van der Waals surface area (Å²) < 4.78 is 0. The first-order valence-corrected chi connectivity index (χ1v) is 6.25. The Bertz CT molecular complexity index is 208. The fourth-order valence-electron chi connectivity index (χ4n) is 3.52. The highest BCUT2D eigenvalue weighted by atomic mass is 14.5. The lowest BCUT2D eigenvalue weighted by Crippen LogP contribution is -2.28. The van der Waals surface area contributed by atoms with Crippen molar-refractivity contribution < 1.29 is 0 Å². The molecule has 0 heteroatoms. The van der Waals surface area contributed by atoms with E-state index in [9.17, 15) is 0 Å². The van der Waals surface area contributed by atoms with Crippen molar-refractivity contribution in [1.82, 2.24) is 0 Å². The molecule has 3 aliphatic rings. The Morgan fingerprint density at radius 1 is 0.846 bits per heavy atom. The standard InChI is InChI=1S/C13H22/c1-8-5-11(8)7-10-3-4-12(10)13-6-9(13)2/h8-13H,3-7H2,1-2H3. The van der Waals surface area contributed by atoms with Crippen LogP contribution in [0.2, 0.25) is 0 Å². The van der Waals surface area contributed by atoms with Crippen LogP contribution in [0.4, 0.5) is 0 Å². The zero-order valence-electron chi connectivity index (χ0n) is 9.00. The van der Waals surface area contributed by atoms with Gasteiger partial charge in [0, 0.05) is 0 Å². The third kappa shape index (κ3) is 1.43. The minimum absolute atomic E-state index is 1.08. The number of hydrogen-bond acceptors (Lipinski definition) is 0. The van der Waals surface area contributed by atoms with Gasteiger partial charge in [-0.05, 0) is 67.6 Å². The van der Waals surface area contributed by atoms with Crippen molar-refractivity contribution in [1.29, 1.82) is 0 Å². The summed E-state index contributed by atoms with van der Waals surface area (Å²) >= 11 is 0. The van der Waals surface area contributed by atoms with Gasteiger partial charge < -0.3 is 0 Å². The Morgan fingerprint density at radius 2 is 1.54 bits per heavy atom. The van der Waals surface area contributed by atoms with Crippen molar-refractivity contribution in [2.75, 3.05) is 0 Å². The highest BCUT2D eigenvalue weighted by Gasteiger charge is 2.48. The molecule has 0 heterocycles. The minimum atomic E-state index is 1.08. The van der Waals surface area contributed by atoms with Gasteiger partial charge in [0.2, 0.25) is 0 Å². The molecule has 0 aromatic heterocycles. The van der Waals surface area contributed by atoms with Crippen molar-refractivity contribution in [3.8, 4) is 0 Å². The van der Waals surface area contributed by atoms with Crippen molar-refractivity contribution in [3.63, 3.8) is 0 Å². The van der Waals surface area contributed by atoms with Gasteiger partial charge in [0.05, 0.1) is 0 Å². The van der Waals surface area contributed by atoms with Gasteiger partial charge in [0.15, 0.2) is 0 Å². The van der Waals surface area contributed by atoms with E-state index >= 15 is 0 Å². The molecule has 0 spiro atoms. The van der Waals surface area contributed by atoms with E-state index in [4.69, 9.17) is 0 Å². The van der Waals surface area contributed by atoms with E-state index in [1.54, 1.807) is 32.1 Å². The maximum absolute atomic E-state index is 2.44. The molecule has 0 aliphatic heterocycles. The van der Waals surface area contributed by atoms with E-state index in [1.165, 1.54) is 5.92 Å². The molecule has 0 bridgehead atoms. The normalized spacial score (nSPS) is 58.6. The van der Waals surface area contributed by atoms with E-state index in [2.05, 4.69) is 13.8 Å². The molecule has 3 saturated carbocycles. The Kier molecular flexibility index (Phi) is 1.76. The minimum Gasteiger partial charge on any atom is -0.0622 e. The number of hydrogen-bond donors (Lipinski definition) is 0. The van der Waals surface area contributed by atoms with Crippen LogP contribution < -0.4 is 0 Å². The van der Waals surface area contributed by atoms with Crippen molar-refractivity contribution in [3.05, 3.63) is 0 Å². The molecule has 0 amide bonds. The van der Waals surface area contributed by atoms with Gasteiger partial charge >= 0.3 is 0 Å². The fourth-order valence-corrected chi connectivity index (χ4v) is 3.52. The molecule has 0 nitrogen and oxygen atoms in total. The van der Waals surface area contributed by atoms with Crippen LogP contribution in [0.1, 0.15) is 46.0 Å². The maximum Gasteiger partial charge on any atom is -0.0355 e. The molecule has 0 radical (unpaired) electrons. The van der Waals surface area contributed by atoms with Crippen LogP contribution in [-0.4, -0.2) is 0 Å². The summed E-state index contributed by atoms with van der Waals surface area (Å²) in [5.74, 6) is 6.80. The van der Waals surface area contributed by atoms with E-state index in [0.717, 1.165) is 29.6 Å². The van der Waals surface area contributed by atoms with Crippen LogP contribution in [-0.2, 0) is 0 Å². The van der Waals surface area contributed by atoms with E-state index in [0.29, 0.717) is 0 Å². The molecule has 0 saturated heterocycles. The molecule has 3 fully saturated rings. The zero-order chi connectivity index (χ0) is 9.00. The van der Waals surface area contributed by atoms with Crippen LogP contribution in [0.15, 0.2) is 0 Å². The molecule has 0 aromatic rings. The number of rotatable bonds is 3. The van der Waals surface area contributed by atoms with E-state index in [-0.39, 0.29) is 0 Å². The predicted molar refractivity (Wildman–Crippen MR) is 55.4 cm³/mol. The summed E-state index contributed by atoms with van der Waals surface area (Å²) in [7, 11) is 0. The van der Waals surface area contributed by atoms with E-state index in [1.807, 2.05) is 0 Å². The molecule has 13 heavy (non-hydrogen) atoms. The largest absolute Gasteiger partial charge is 0.0622 e. The summed E-state index contributed by atoms with van der Waals surface area (Å²) in [6, 6.07) is 0. The third-order valence-electron chi connectivity index (χ3n) is 5.08. The highest BCUT2D eigenvalue weighted by Crippen LogP contribution is 2.57. The lowest BCUT2D eigenvalue weighted by molar-refractivity contribution is 0.126. The summed E-state index contributed by atoms with van der Waals surface area (Å²) in [5.41, 5.74) is 0. The first-order valence-electron chi connectivity index (χ1n) is 6.25. The maximum atomic E-state index is 2.44. The molecule has 0 aromatic carbocycles. The second-order valence-corrected chi connectivity index (χ2v) is 6.09. The predicted octanol–water partition coefficient (Wildman–Crippen LogP) is 3.71. The summed E-state index contributed by atoms with van der Waals surface area (Å²) in [5, 5.41) is 0. The molecule has 0 N–H and O–H groups in total. The fraction of sp³-hybridized carbons (Fsp3) is 1.00. The Labute approximate surface area is 82.1 Å². The van der Waals surface area contributed by atoms with Gasteiger partial charge in [0.25, 0.3) is 0 Å². The first-order chi connectivity index (χ1) is 6.25. The van der Waals surface area contributed by atoms with Crippen LogP contribution in [0, 0.1) is 35.5 Å². The van der Waals surface area contributed by atoms with Gasteiger partial charge in [-0.15, -0.1) is 0 Å². The van der Waals surface area contributed by atoms with Crippen LogP contribution in [0.3, 0.4) is 0 Å². The molecule has 3 aliphatic carbocycles. The van der Waals surface area contributed by atoms with E-state index < -0.39 is 0 Å². The van der Waals surface area contributed by atoms with Gasteiger partial charge in [-0.25, -0.2) is 0 Å². The summed E-state index contributed by atoms with van der Waals surface area (Å²) in [6.45, 7) is 4.87. The Morgan fingerprint density at radius 3 is 1.92 bits per heavy atom. The van der Waals surface area contributed by atoms with Gasteiger partial charge in [-0.2, -0.15) is 0 Å². The molecular weight excluding hydrogens is 156 g/mol. The Balaban J connectivity index is 1.49. The van der Waals surface area contributed by atoms with Crippen LogP contribution in [0.25, 0.3) is 0 Å². The zero-order valence-corrected chi connectivity index (χ0v) is 9.00. The molecular formula is C13H22. The quantitative estimate of drug-likeness (QED) is 0.618. The van der Waals surface area contributed by atoms with Crippen molar-refractivity contribution >= 4 is 0 Å². The molecule has 6 unspecified atom stereocenters. The van der Waals surface area contributed by atoms with Crippen LogP contribution >= 0.6 is 0 Å². The molecule has 74 valence electrons. The average molecular weight is 178 g/mol. The third-order valence-corrected chi connectivity index (χ3v) is 5.08. The first kappa shape index (κ1) is 8.32. The van der Waals surface area contributed by atoms with Gasteiger partial charge in [-0.1, -0.05) is 13.8 Å². The second kappa shape index (κ2) is 2.74. The van der Waals surface area contributed by atoms with Crippen molar-refractivity contribution in [2.24, 2.45) is 35.5 Å². The van der Waals surface area contributed by atoms with Crippen LogP contribution in [0.5, 0.6) is 0 Å². The molecule has 6 atom stereocenters. The Hall–Kier alpha value is 0. The smallest absolute Gasteiger partial charge is 0.0355 e. The lowest BCUT2D eigenvalue weighted by Gasteiger charge is -2.37. The topological polar surface area (TPSA) is 0 Å². The average Bonchev–Trinajstić information content (AvgIpc) is 2.89.